The fourth-order valence-corrected chi connectivity index (χ4v) is 3.40. The van der Waals surface area contributed by atoms with E-state index in [1.807, 2.05) is 4.57 Å². The summed E-state index contributed by atoms with van der Waals surface area (Å²) < 4.78 is 2.00. The maximum atomic E-state index is 5.82. The minimum absolute atomic E-state index is 0.317. The molecule has 0 radical (unpaired) electrons. The van der Waals surface area contributed by atoms with Crippen LogP contribution >= 0.6 is 11.8 Å². The van der Waals surface area contributed by atoms with Crippen LogP contribution in [-0.4, -0.2) is 45.1 Å². The van der Waals surface area contributed by atoms with Gasteiger partial charge in [-0.05, 0) is 39.8 Å². The van der Waals surface area contributed by atoms with Crippen LogP contribution < -0.4 is 5.73 Å². The summed E-state index contributed by atoms with van der Waals surface area (Å²) in [4.78, 5) is 2.54. The second-order valence-corrected chi connectivity index (χ2v) is 6.12. The highest BCUT2D eigenvalue weighted by Crippen LogP contribution is 2.22. The van der Waals surface area contributed by atoms with Crippen molar-refractivity contribution in [3.63, 3.8) is 0 Å². The smallest absolute Gasteiger partial charge is 0.222 e. The zero-order chi connectivity index (χ0) is 13.0. The van der Waals surface area contributed by atoms with E-state index in [0.717, 1.165) is 17.5 Å². The van der Waals surface area contributed by atoms with Gasteiger partial charge in [-0.3, -0.25) is 4.57 Å². The molecule has 0 aliphatic carbocycles. The van der Waals surface area contributed by atoms with Crippen molar-refractivity contribution in [2.45, 2.75) is 44.3 Å². The van der Waals surface area contributed by atoms with E-state index in [1.165, 1.54) is 32.4 Å². The molecule has 0 saturated carbocycles. The summed E-state index contributed by atoms with van der Waals surface area (Å²) in [5.41, 5.74) is 5.82. The number of aromatic nitrogens is 3. The van der Waals surface area contributed by atoms with Crippen molar-refractivity contribution in [1.82, 2.24) is 19.7 Å². The van der Waals surface area contributed by atoms with Crippen LogP contribution in [0, 0.1) is 0 Å². The van der Waals surface area contributed by atoms with Crippen molar-refractivity contribution in [3.05, 3.63) is 0 Å². The first-order chi connectivity index (χ1) is 8.68. The maximum Gasteiger partial charge on any atom is 0.222 e. The van der Waals surface area contributed by atoms with E-state index in [2.05, 4.69) is 28.9 Å². The number of thioether (sulfide) groups is 1. The van der Waals surface area contributed by atoms with Crippen LogP contribution in [0.3, 0.4) is 0 Å². The Balaban J connectivity index is 1.82. The van der Waals surface area contributed by atoms with Crippen LogP contribution in [0.15, 0.2) is 5.16 Å². The summed E-state index contributed by atoms with van der Waals surface area (Å²) >= 11 is 1.76. The van der Waals surface area contributed by atoms with E-state index in [4.69, 9.17) is 5.73 Å². The molecule has 2 heterocycles. The lowest BCUT2D eigenvalue weighted by Gasteiger charge is -2.26. The fraction of sp³-hybridized carbons (Fsp3) is 0.833. The Hall–Kier alpha value is -0.750. The zero-order valence-electron chi connectivity index (χ0n) is 11.3. The molecule has 2 N–H and O–H groups in total. The number of nitrogens with two attached hydrogens (primary N) is 1. The SMILES string of the molecule is CC(C)n1c(N)nnc1SCCN1CCCCC1. The Bertz CT molecular complexity index is 371. The third-order valence-electron chi connectivity index (χ3n) is 3.29. The van der Waals surface area contributed by atoms with E-state index < -0.39 is 0 Å². The molecule has 1 aliphatic heterocycles. The molecule has 102 valence electrons. The van der Waals surface area contributed by atoms with E-state index in [0.29, 0.717) is 12.0 Å². The third kappa shape index (κ3) is 3.38. The van der Waals surface area contributed by atoms with Crippen molar-refractivity contribution in [1.29, 1.82) is 0 Å². The van der Waals surface area contributed by atoms with Crippen LogP contribution in [-0.2, 0) is 0 Å². The lowest BCUT2D eigenvalue weighted by atomic mass is 10.1. The van der Waals surface area contributed by atoms with Crippen molar-refractivity contribution in [2.24, 2.45) is 0 Å². The van der Waals surface area contributed by atoms with Crippen LogP contribution in [0.1, 0.15) is 39.2 Å². The summed E-state index contributed by atoms with van der Waals surface area (Å²) in [5, 5.41) is 9.06. The highest BCUT2D eigenvalue weighted by Gasteiger charge is 2.14. The Morgan fingerprint density at radius 3 is 2.61 bits per heavy atom. The second-order valence-electron chi connectivity index (χ2n) is 5.06. The van der Waals surface area contributed by atoms with Gasteiger partial charge in [0.25, 0.3) is 0 Å². The summed E-state index contributed by atoms with van der Waals surface area (Å²) in [5.74, 6) is 1.58. The van der Waals surface area contributed by atoms with Crippen LogP contribution in [0.5, 0.6) is 0 Å². The number of hydrogen-bond donors (Lipinski definition) is 1. The van der Waals surface area contributed by atoms with Gasteiger partial charge in [0.05, 0.1) is 0 Å². The van der Waals surface area contributed by atoms with Crippen LogP contribution in [0.2, 0.25) is 0 Å². The van der Waals surface area contributed by atoms with Gasteiger partial charge in [-0.1, -0.05) is 18.2 Å². The van der Waals surface area contributed by atoms with Gasteiger partial charge in [0.2, 0.25) is 5.95 Å². The van der Waals surface area contributed by atoms with Gasteiger partial charge < -0.3 is 10.6 Å². The molecule has 0 amide bonds. The van der Waals surface area contributed by atoms with E-state index >= 15 is 0 Å². The molecule has 1 aliphatic rings. The molecule has 6 heteroatoms. The number of anilines is 1. The molecular weight excluding hydrogens is 246 g/mol. The summed E-state index contributed by atoms with van der Waals surface area (Å²) in [7, 11) is 0. The first kappa shape index (κ1) is 13.7. The predicted molar refractivity (Wildman–Crippen MR) is 75.8 cm³/mol. The first-order valence-electron chi connectivity index (χ1n) is 6.74. The highest BCUT2D eigenvalue weighted by atomic mass is 32.2. The van der Waals surface area contributed by atoms with Crippen molar-refractivity contribution < 1.29 is 0 Å². The van der Waals surface area contributed by atoms with E-state index in [-0.39, 0.29) is 0 Å². The van der Waals surface area contributed by atoms with Gasteiger partial charge in [0, 0.05) is 18.3 Å². The van der Waals surface area contributed by atoms with E-state index in [1.54, 1.807) is 11.8 Å². The van der Waals surface area contributed by atoms with Gasteiger partial charge in [-0.15, -0.1) is 10.2 Å². The number of rotatable bonds is 5. The molecule has 2 rings (SSSR count). The molecule has 1 aromatic heterocycles. The molecule has 0 aromatic carbocycles. The molecule has 18 heavy (non-hydrogen) atoms. The number of nitrogens with zero attached hydrogens (tertiary/aromatic N) is 4. The normalized spacial score (nSPS) is 17.5. The lowest BCUT2D eigenvalue weighted by molar-refractivity contribution is 0.242. The number of hydrogen-bond acceptors (Lipinski definition) is 5. The Morgan fingerprint density at radius 2 is 1.94 bits per heavy atom. The van der Waals surface area contributed by atoms with Crippen LogP contribution in [0.25, 0.3) is 0 Å². The minimum Gasteiger partial charge on any atom is -0.368 e. The largest absolute Gasteiger partial charge is 0.368 e. The minimum atomic E-state index is 0.317. The van der Waals surface area contributed by atoms with Crippen molar-refractivity contribution in [3.8, 4) is 0 Å². The Labute approximate surface area is 113 Å². The molecule has 0 unspecified atom stereocenters. The molecule has 1 fully saturated rings. The topological polar surface area (TPSA) is 60.0 Å². The Morgan fingerprint density at radius 1 is 1.22 bits per heavy atom. The second kappa shape index (κ2) is 6.43. The van der Waals surface area contributed by atoms with Crippen LogP contribution in [0.4, 0.5) is 5.95 Å². The summed E-state index contributed by atoms with van der Waals surface area (Å²) in [6.45, 7) is 7.84. The number of piperidine rings is 1. The average molecular weight is 269 g/mol. The average Bonchev–Trinajstić information content (AvgIpc) is 2.72. The quantitative estimate of drug-likeness (QED) is 0.829. The molecule has 5 nitrogen and oxygen atoms in total. The maximum absolute atomic E-state index is 5.82. The van der Waals surface area contributed by atoms with Gasteiger partial charge >= 0.3 is 0 Å². The first-order valence-corrected chi connectivity index (χ1v) is 7.72. The van der Waals surface area contributed by atoms with Gasteiger partial charge in [-0.2, -0.15) is 0 Å². The third-order valence-corrected chi connectivity index (χ3v) is 4.22. The molecular formula is C12H23N5S. The molecule has 0 atom stereocenters. The molecule has 1 aromatic rings. The lowest BCUT2D eigenvalue weighted by Crippen LogP contribution is -2.31. The van der Waals surface area contributed by atoms with Gasteiger partial charge in [-0.25, -0.2) is 0 Å². The van der Waals surface area contributed by atoms with Gasteiger partial charge in [0.15, 0.2) is 5.16 Å². The summed E-state index contributed by atoms with van der Waals surface area (Å²) in [6.07, 6.45) is 4.08. The Kier molecular flexibility index (Phi) is 4.88. The molecule has 1 saturated heterocycles. The molecule has 0 bridgehead atoms. The van der Waals surface area contributed by atoms with Crippen molar-refractivity contribution in [2.75, 3.05) is 31.1 Å². The molecule has 0 spiro atoms. The monoisotopic (exact) mass is 269 g/mol. The fourth-order valence-electron chi connectivity index (χ4n) is 2.32. The number of likely N-dealkylation sites (tertiary alicyclic amines) is 1. The van der Waals surface area contributed by atoms with E-state index in [9.17, 15) is 0 Å². The number of nitrogen functional groups attached to an aromatic ring is 1. The standard InChI is InChI=1S/C12H23N5S/c1-10(2)17-11(13)14-15-12(17)18-9-8-16-6-4-3-5-7-16/h10H,3-9H2,1-2H3,(H2,13,14). The zero-order valence-corrected chi connectivity index (χ0v) is 12.1. The van der Waals surface area contributed by atoms with Gasteiger partial charge in [0.1, 0.15) is 0 Å². The summed E-state index contributed by atoms with van der Waals surface area (Å²) in [6, 6.07) is 0.317. The highest BCUT2D eigenvalue weighted by molar-refractivity contribution is 7.99. The van der Waals surface area contributed by atoms with Crippen molar-refractivity contribution >= 4 is 17.7 Å². The predicted octanol–water partition coefficient (Wildman–Crippen LogP) is 2.02.